The molecule has 0 N–H and O–H groups in total. The van der Waals surface area contributed by atoms with E-state index in [0.29, 0.717) is 6.42 Å². The summed E-state index contributed by atoms with van der Waals surface area (Å²) in [6.07, 6.45) is 0.859. The van der Waals surface area contributed by atoms with Crippen LogP contribution in [-0.4, -0.2) is 33.0 Å². The Morgan fingerprint density at radius 2 is 2.05 bits per heavy atom. The van der Waals surface area contributed by atoms with Crippen molar-refractivity contribution in [3.8, 4) is 0 Å². The van der Waals surface area contributed by atoms with E-state index in [-0.39, 0.29) is 11.5 Å². The Balaban J connectivity index is 2.16. The Morgan fingerprint density at radius 3 is 2.55 bits per heavy atom. The molecule has 1 aliphatic heterocycles. The van der Waals surface area contributed by atoms with Crippen molar-refractivity contribution in [2.45, 2.75) is 50.1 Å². The highest BCUT2D eigenvalue weighted by atomic mass is 32.2. The van der Waals surface area contributed by atoms with Crippen LogP contribution in [0.4, 0.5) is 0 Å². The molecule has 0 aromatic heterocycles. The van der Waals surface area contributed by atoms with Gasteiger partial charge in [-0.3, -0.25) is 4.18 Å². The quantitative estimate of drug-likeness (QED) is 0.594. The minimum atomic E-state index is -3.86. The van der Waals surface area contributed by atoms with E-state index in [2.05, 4.69) is 6.58 Å². The molecule has 5 nitrogen and oxygen atoms in total. The molecular formula is C16H22O5S. The van der Waals surface area contributed by atoms with Gasteiger partial charge in [-0.05, 0) is 39.3 Å². The van der Waals surface area contributed by atoms with Crippen molar-refractivity contribution in [3.63, 3.8) is 0 Å². The monoisotopic (exact) mass is 326 g/mol. The van der Waals surface area contributed by atoms with Gasteiger partial charge in [0, 0.05) is 0 Å². The van der Waals surface area contributed by atoms with Crippen LogP contribution in [0, 0.1) is 6.92 Å². The highest BCUT2D eigenvalue weighted by molar-refractivity contribution is 7.86. The molecule has 0 radical (unpaired) electrons. The zero-order valence-corrected chi connectivity index (χ0v) is 13.9. The smallest absolute Gasteiger partial charge is 0.297 e. The Bertz CT molecular complexity index is 618. The fourth-order valence-corrected chi connectivity index (χ4v) is 3.35. The van der Waals surface area contributed by atoms with Crippen LogP contribution in [-0.2, 0) is 23.8 Å². The Hall–Kier alpha value is -1.21. The second-order valence-corrected chi connectivity index (χ2v) is 7.37. The number of aryl methyl sites for hydroxylation is 1. The van der Waals surface area contributed by atoms with Crippen LogP contribution in [0.2, 0.25) is 0 Å². The van der Waals surface area contributed by atoms with Gasteiger partial charge in [-0.25, -0.2) is 0 Å². The molecule has 1 heterocycles. The molecule has 2 atom stereocenters. The molecule has 22 heavy (non-hydrogen) atoms. The van der Waals surface area contributed by atoms with Crippen LogP contribution >= 0.6 is 0 Å². The van der Waals surface area contributed by atoms with Crippen molar-refractivity contribution in [2.24, 2.45) is 0 Å². The molecule has 1 saturated heterocycles. The number of benzene rings is 1. The molecule has 0 spiro atoms. The van der Waals surface area contributed by atoms with Gasteiger partial charge in [0.1, 0.15) is 12.2 Å². The normalized spacial score (nSPS) is 22.4. The van der Waals surface area contributed by atoms with Gasteiger partial charge in [0.2, 0.25) is 0 Å². The average Bonchev–Trinajstić information content (AvgIpc) is 2.79. The molecule has 1 aliphatic rings. The van der Waals surface area contributed by atoms with E-state index < -0.39 is 28.1 Å². The summed E-state index contributed by atoms with van der Waals surface area (Å²) >= 11 is 0. The van der Waals surface area contributed by atoms with Crippen LogP contribution in [0.3, 0.4) is 0 Å². The summed E-state index contributed by atoms with van der Waals surface area (Å²) in [6, 6.07) is 6.53. The van der Waals surface area contributed by atoms with Crippen LogP contribution < -0.4 is 0 Å². The highest BCUT2D eigenvalue weighted by Gasteiger charge is 2.39. The number of ether oxygens (including phenoxy) is 2. The first kappa shape index (κ1) is 17.1. The van der Waals surface area contributed by atoms with E-state index in [0.717, 1.165) is 5.56 Å². The Morgan fingerprint density at radius 1 is 1.41 bits per heavy atom. The lowest BCUT2D eigenvalue weighted by Crippen LogP contribution is -2.34. The fourth-order valence-electron chi connectivity index (χ4n) is 2.24. The van der Waals surface area contributed by atoms with Crippen LogP contribution in [0.15, 0.2) is 41.8 Å². The van der Waals surface area contributed by atoms with E-state index in [1.165, 1.54) is 12.1 Å². The largest absolute Gasteiger partial charge is 0.348 e. The molecule has 122 valence electrons. The SMILES string of the molecule is C=CC[C@H](OS(=O)(=O)c1ccc(C)cc1)[C@H]1COC(C)(C)O1. The first-order chi connectivity index (χ1) is 10.2. The van der Waals surface area contributed by atoms with Gasteiger partial charge in [-0.1, -0.05) is 23.8 Å². The van der Waals surface area contributed by atoms with Crippen molar-refractivity contribution in [1.82, 2.24) is 0 Å². The lowest BCUT2D eigenvalue weighted by molar-refractivity contribution is -0.148. The van der Waals surface area contributed by atoms with Crippen LogP contribution in [0.5, 0.6) is 0 Å². The van der Waals surface area contributed by atoms with Crippen LogP contribution in [0.25, 0.3) is 0 Å². The lowest BCUT2D eigenvalue weighted by atomic mass is 10.1. The fraction of sp³-hybridized carbons (Fsp3) is 0.500. The summed E-state index contributed by atoms with van der Waals surface area (Å²) in [5, 5.41) is 0. The number of hydrogen-bond acceptors (Lipinski definition) is 5. The van der Waals surface area contributed by atoms with Gasteiger partial charge in [-0.15, -0.1) is 6.58 Å². The molecule has 0 aliphatic carbocycles. The Kier molecular flexibility index (Phi) is 5.07. The third-order valence-corrected chi connectivity index (χ3v) is 4.75. The summed E-state index contributed by atoms with van der Waals surface area (Å²) in [4.78, 5) is 0.130. The third-order valence-electron chi connectivity index (χ3n) is 3.40. The second-order valence-electron chi connectivity index (χ2n) is 5.79. The first-order valence-corrected chi connectivity index (χ1v) is 8.57. The van der Waals surface area contributed by atoms with Gasteiger partial charge in [0.15, 0.2) is 5.79 Å². The maximum Gasteiger partial charge on any atom is 0.297 e. The van der Waals surface area contributed by atoms with E-state index in [1.54, 1.807) is 32.1 Å². The van der Waals surface area contributed by atoms with Crippen LogP contribution in [0.1, 0.15) is 25.8 Å². The highest BCUT2D eigenvalue weighted by Crippen LogP contribution is 2.28. The zero-order valence-electron chi connectivity index (χ0n) is 13.1. The van der Waals surface area contributed by atoms with Crippen molar-refractivity contribution >= 4 is 10.1 Å². The molecule has 0 amide bonds. The molecular weight excluding hydrogens is 304 g/mol. The van der Waals surface area contributed by atoms with E-state index in [9.17, 15) is 8.42 Å². The summed E-state index contributed by atoms with van der Waals surface area (Å²) in [6.45, 7) is 9.40. The molecule has 0 unspecified atom stereocenters. The predicted octanol–water partition coefficient (Wildman–Crippen LogP) is 2.80. The molecule has 1 fully saturated rings. The summed E-state index contributed by atoms with van der Waals surface area (Å²) < 4.78 is 41.4. The van der Waals surface area contributed by atoms with E-state index >= 15 is 0 Å². The molecule has 0 saturated carbocycles. The van der Waals surface area contributed by atoms with Gasteiger partial charge < -0.3 is 9.47 Å². The van der Waals surface area contributed by atoms with E-state index in [4.69, 9.17) is 13.7 Å². The minimum Gasteiger partial charge on any atom is -0.348 e. The molecule has 2 rings (SSSR count). The van der Waals surface area contributed by atoms with Crippen molar-refractivity contribution in [2.75, 3.05) is 6.61 Å². The molecule has 1 aromatic carbocycles. The second kappa shape index (κ2) is 6.50. The van der Waals surface area contributed by atoms with Crippen molar-refractivity contribution < 1.29 is 22.1 Å². The molecule has 6 heteroatoms. The van der Waals surface area contributed by atoms with Gasteiger partial charge in [0.25, 0.3) is 10.1 Å². The lowest BCUT2D eigenvalue weighted by Gasteiger charge is -2.23. The van der Waals surface area contributed by atoms with Gasteiger partial charge in [0.05, 0.1) is 11.5 Å². The maximum absolute atomic E-state index is 12.4. The van der Waals surface area contributed by atoms with Gasteiger partial charge >= 0.3 is 0 Å². The summed E-state index contributed by atoms with van der Waals surface area (Å²) in [5.41, 5.74) is 0.982. The zero-order chi connectivity index (χ0) is 16.4. The maximum atomic E-state index is 12.4. The van der Waals surface area contributed by atoms with Gasteiger partial charge in [-0.2, -0.15) is 8.42 Å². The summed E-state index contributed by atoms with van der Waals surface area (Å²) in [5.74, 6) is -0.735. The Labute approximate surface area is 132 Å². The molecule has 1 aromatic rings. The average molecular weight is 326 g/mol. The first-order valence-electron chi connectivity index (χ1n) is 7.16. The third kappa shape index (κ3) is 4.16. The van der Waals surface area contributed by atoms with Crippen molar-refractivity contribution in [1.29, 1.82) is 0 Å². The standard InChI is InChI=1S/C16H22O5S/c1-5-6-14(15-11-19-16(3,4)20-15)21-22(17,18)13-9-7-12(2)8-10-13/h5,7-10,14-15H,1,6,11H2,2-4H3/t14-,15+/m0/s1. The van der Waals surface area contributed by atoms with E-state index in [1.807, 2.05) is 6.92 Å². The number of hydrogen-bond donors (Lipinski definition) is 0. The summed E-state index contributed by atoms with van der Waals surface area (Å²) in [7, 11) is -3.86. The minimum absolute atomic E-state index is 0.130. The molecule has 0 bridgehead atoms. The van der Waals surface area contributed by atoms with Crippen molar-refractivity contribution in [3.05, 3.63) is 42.5 Å². The topological polar surface area (TPSA) is 61.8 Å². The number of rotatable bonds is 6. The predicted molar refractivity (Wildman–Crippen MR) is 83.0 cm³/mol.